The van der Waals surface area contributed by atoms with Gasteiger partial charge in [0.2, 0.25) is 0 Å². The summed E-state index contributed by atoms with van der Waals surface area (Å²) < 4.78 is 125. The highest BCUT2D eigenvalue weighted by atomic mass is 32.2. The van der Waals surface area contributed by atoms with E-state index in [1.54, 1.807) is 6.07 Å². The molecule has 6 atom stereocenters. The van der Waals surface area contributed by atoms with Crippen molar-refractivity contribution in [2.45, 2.75) is 88.2 Å². The Kier molecular flexibility index (Phi) is 9.97. The van der Waals surface area contributed by atoms with Gasteiger partial charge in [-0.1, -0.05) is 25.1 Å². The van der Waals surface area contributed by atoms with Gasteiger partial charge >= 0.3 is 6.18 Å². The number of aliphatic hydroxyl groups excluding tert-OH is 1. The van der Waals surface area contributed by atoms with E-state index in [-0.39, 0.29) is 42.1 Å². The average Bonchev–Trinajstić information content (AvgIpc) is 3.36. The topological polar surface area (TPSA) is 83.8 Å². The monoisotopic (exact) mass is 728 g/mol. The molecule has 3 aromatic rings. The lowest BCUT2D eigenvalue weighted by Gasteiger charge is -2.54. The zero-order chi connectivity index (χ0) is 36.2. The summed E-state index contributed by atoms with van der Waals surface area (Å²) in [5.41, 5.74) is -0.999. The minimum Gasteiger partial charge on any atom is -0.508 e. The summed E-state index contributed by atoms with van der Waals surface area (Å²) in [4.78, 5) is 0. The van der Waals surface area contributed by atoms with Gasteiger partial charge in [-0.2, -0.15) is 13.2 Å². The highest BCUT2D eigenvalue weighted by Crippen LogP contribution is 2.65. The summed E-state index contributed by atoms with van der Waals surface area (Å²) >= 11 is 0. The van der Waals surface area contributed by atoms with Crippen molar-refractivity contribution in [2.75, 3.05) is 12.4 Å². The Labute approximate surface area is 286 Å². The van der Waals surface area contributed by atoms with Gasteiger partial charge < -0.3 is 14.9 Å². The van der Waals surface area contributed by atoms with Gasteiger partial charge in [0.05, 0.1) is 24.2 Å². The minimum atomic E-state index is -5.72. The SMILES string of the molecule is C[C@]12C[C@H](c3ccc(OCCCCCS(=O)(=O)Cc4c(F)c(F)c(C(F)(F)F)c(F)c4F)cc3)[C@@H]3c4cc(O)ccc4CC[C@H]3[C@@H]1CC[C@@H]2O. The Morgan fingerprint density at radius 1 is 0.900 bits per heavy atom. The summed E-state index contributed by atoms with van der Waals surface area (Å²) in [6.45, 7) is 2.44. The number of aryl methyl sites for hydroxylation is 1. The molecule has 2 fully saturated rings. The van der Waals surface area contributed by atoms with Gasteiger partial charge in [0.25, 0.3) is 0 Å². The molecule has 13 heteroatoms. The largest absolute Gasteiger partial charge is 0.508 e. The van der Waals surface area contributed by atoms with Crippen molar-refractivity contribution < 1.29 is 54.1 Å². The van der Waals surface area contributed by atoms with Crippen LogP contribution in [0, 0.1) is 40.5 Å². The number of sulfone groups is 1. The summed E-state index contributed by atoms with van der Waals surface area (Å²) in [7, 11) is -4.32. The normalized spacial score (nSPS) is 26.3. The molecule has 5 nitrogen and oxygen atoms in total. The van der Waals surface area contributed by atoms with Crippen LogP contribution < -0.4 is 4.74 Å². The van der Waals surface area contributed by atoms with E-state index >= 15 is 0 Å². The number of aliphatic hydroxyl groups is 1. The van der Waals surface area contributed by atoms with E-state index in [9.17, 15) is 49.4 Å². The van der Waals surface area contributed by atoms with E-state index in [2.05, 4.69) is 6.92 Å². The highest BCUT2D eigenvalue weighted by Gasteiger charge is 2.57. The molecule has 2 saturated carbocycles. The maximum absolute atomic E-state index is 14.2. The number of rotatable bonds is 10. The number of fused-ring (bicyclic) bond motifs is 5. The maximum Gasteiger partial charge on any atom is 0.422 e. The Hall–Kier alpha value is -3.32. The van der Waals surface area contributed by atoms with E-state index in [4.69, 9.17) is 4.74 Å². The van der Waals surface area contributed by atoms with Gasteiger partial charge in [0.15, 0.2) is 33.1 Å². The van der Waals surface area contributed by atoms with Gasteiger partial charge in [-0.05, 0) is 121 Å². The van der Waals surface area contributed by atoms with Crippen LogP contribution >= 0.6 is 0 Å². The van der Waals surface area contributed by atoms with Gasteiger partial charge in [-0.3, -0.25) is 0 Å². The fourth-order valence-electron chi connectivity index (χ4n) is 8.93. The van der Waals surface area contributed by atoms with E-state index in [0.29, 0.717) is 30.4 Å². The summed E-state index contributed by atoms with van der Waals surface area (Å²) in [5.74, 6) is -10.3. The second-order valence-corrected chi connectivity index (χ2v) is 16.5. The van der Waals surface area contributed by atoms with Crippen LogP contribution in [0.2, 0.25) is 0 Å². The number of hydrogen-bond acceptors (Lipinski definition) is 5. The maximum atomic E-state index is 14.2. The third-order valence-electron chi connectivity index (χ3n) is 11.3. The molecule has 0 saturated heterocycles. The van der Waals surface area contributed by atoms with Crippen molar-refractivity contribution >= 4 is 9.84 Å². The van der Waals surface area contributed by atoms with Crippen molar-refractivity contribution in [1.29, 1.82) is 0 Å². The molecule has 0 bridgehead atoms. The third kappa shape index (κ3) is 6.83. The number of halogens is 7. The molecule has 0 aromatic heterocycles. The molecule has 3 aliphatic carbocycles. The van der Waals surface area contributed by atoms with Gasteiger partial charge in [-0.25, -0.2) is 26.0 Å². The van der Waals surface area contributed by atoms with Crippen LogP contribution in [0.5, 0.6) is 11.5 Å². The Morgan fingerprint density at radius 3 is 2.24 bits per heavy atom. The first kappa shape index (κ1) is 36.5. The Balaban J connectivity index is 1.05. The molecule has 2 N–H and O–H groups in total. The first-order valence-electron chi connectivity index (χ1n) is 16.9. The molecule has 50 heavy (non-hydrogen) atoms. The number of phenols is 1. The second-order valence-electron chi connectivity index (χ2n) is 14.3. The molecule has 0 spiro atoms. The predicted molar refractivity (Wildman–Crippen MR) is 171 cm³/mol. The average molecular weight is 729 g/mol. The van der Waals surface area contributed by atoms with Crippen LogP contribution in [0.25, 0.3) is 0 Å². The second kappa shape index (κ2) is 13.7. The summed E-state index contributed by atoms with van der Waals surface area (Å²) in [5, 5.41) is 21.5. The molecular formula is C37H39F7O5S. The van der Waals surface area contributed by atoms with E-state index in [0.717, 1.165) is 37.7 Å². The molecule has 3 aromatic carbocycles. The van der Waals surface area contributed by atoms with E-state index in [1.165, 1.54) is 11.1 Å². The highest BCUT2D eigenvalue weighted by molar-refractivity contribution is 7.90. The van der Waals surface area contributed by atoms with Gasteiger partial charge in [0, 0.05) is 5.56 Å². The molecule has 6 rings (SSSR count). The zero-order valence-electron chi connectivity index (χ0n) is 27.4. The summed E-state index contributed by atoms with van der Waals surface area (Å²) in [6, 6.07) is 13.4. The third-order valence-corrected chi connectivity index (χ3v) is 13.0. The molecule has 272 valence electrons. The molecule has 0 heterocycles. The molecular weight excluding hydrogens is 689 g/mol. The van der Waals surface area contributed by atoms with Crippen molar-refractivity contribution in [3.63, 3.8) is 0 Å². The van der Waals surface area contributed by atoms with Crippen molar-refractivity contribution in [1.82, 2.24) is 0 Å². The van der Waals surface area contributed by atoms with Crippen LogP contribution in [0.4, 0.5) is 30.7 Å². The molecule has 0 amide bonds. The standard InChI is InChI=1S/C37H39F7O5S/c1-36-18-26(30-24(28(36)13-14-29(36)46)12-8-20-5-9-22(45)17-25(20)30)21-6-10-23(11-7-21)49-15-3-2-4-16-50(47,48)19-27-32(38)34(40)31(37(42,43)44)35(41)33(27)39/h5-7,9-11,17,24,26,28-30,45-46H,2-4,8,12-16,18-19H2,1H3/t24-,26+,28-,29-,30-,36-/m0/s1. The number of hydrogen-bond donors (Lipinski definition) is 2. The number of phenolic OH excluding ortho intramolecular Hbond substituents is 1. The van der Waals surface area contributed by atoms with Crippen molar-refractivity contribution in [3.8, 4) is 11.5 Å². The number of aromatic hydroxyl groups is 1. The lowest BCUT2D eigenvalue weighted by atomic mass is 9.51. The van der Waals surface area contributed by atoms with Crippen LogP contribution in [0.15, 0.2) is 42.5 Å². The van der Waals surface area contributed by atoms with Crippen LogP contribution in [0.1, 0.15) is 91.5 Å². The lowest BCUT2D eigenvalue weighted by molar-refractivity contribution is -0.143. The Morgan fingerprint density at radius 2 is 1.58 bits per heavy atom. The van der Waals surface area contributed by atoms with Crippen molar-refractivity contribution in [3.05, 3.63) is 93.6 Å². The van der Waals surface area contributed by atoms with Crippen molar-refractivity contribution in [2.24, 2.45) is 17.3 Å². The predicted octanol–water partition coefficient (Wildman–Crippen LogP) is 8.74. The number of benzene rings is 3. The fraction of sp³-hybridized carbons (Fsp3) is 0.514. The molecule has 3 aliphatic rings. The molecule has 0 unspecified atom stereocenters. The van der Waals surface area contributed by atoms with E-state index in [1.807, 2.05) is 36.4 Å². The zero-order valence-corrected chi connectivity index (χ0v) is 28.2. The quantitative estimate of drug-likeness (QED) is 0.124. The first-order chi connectivity index (χ1) is 23.5. The summed E-state index contributed by atoms with van der Waals surface area (Å²) in [6.07, 6.45) is -0.746. The molecule has 0 radical (unpaired) electrons. The number of ether oxygens (including phenoxy) is 1. The molecule has 0 aliphatic heterocycles. The number of alkyl halides is 3. The minimum absolute atomic E-state index is 0.0202. The van der Waals surface area contributed by atoms with Gasteiger partial charge in [0.1, 0.15) is 17.1 Å². The van der Waals surface area contributed by atoms with Crippen LogP contribution in [-0.2, 0) is 28.2 Å². The smallest absolute Gasteiger partial charge is 0.422 e. The van der Waals surface area contributed by atoms with E-state index < -0.39 is 61.9 Å². The lowest BCUT2D eigenvalue weighted by Crippen LogP contribution is -2.47. The van der Waals surface area contributed by atoms with Crippen LogP contribution in [-0.4, -0.2) is 37.1 Å². The van der Waals surface area contributed by atoms with Gasteiger partial charge in [-0.15, -0.1) is 0 Å². The first-order valence-corrected chi connectivity index (χ1v) is 18.7. The number of unbranched alkanes of at least 4 members (excludes halogenated alkanes) is 2. The fourth-order valence-corrected chi connectivity index (χ4v) is 10.4. The Bertz CT molecular complexity index is 1820. The van der Waals surface area contributed by atoms with Crippen LogP contribution in [0.3, 0.4) is 0 Å².